The van der Waals surface area contributed by atoms with Gasteiger partial charge in [-0.3, -0.25) is 0 Å². The van der Waals surface area contributed by atoms with Crippen LogP contribution in [0.4, 0.5) is 5.69 Å². The number of nitrogens with two attached hydrogens (primary N) is 1. The number of nitrogen functional groups attached to an aromatic ring is 1. The van der Waals surface area contributed by atoms with E-state index in [9.17, 15) is 5.11 Å². The molecule has 2 aromatic carbocycles. The maximum absolute atomic E-state index is 9.82. The minimum absolute atomic E-state index is 0.0239. The molecule has 0 heterocycles. The number of phenolic OH excluding ortho intramolecular Hbond substituents is 1. The van der Waals surface area contributed by atoms with Gasteiger partial charge < -0.3 is 10.8 Å². The van der Waals surface area contributed by atoms with E-state index in [4.69, 9.17) is 28.9 Å². The van der Waals surface area contributed by atoms with Gasteiger partial charge in [-0.15, -0.1) is 0 Å². The summed E-state index contributed by atoms with van der Waals surface area (Å²) in [7, 11) is 0. The van der Waals surface area contributed by atoms with E-state index in [0.29, 0.717) is 16.3 Å². The minimum Gasteiger partial charge on any atom is -0.506 e. The number of rotatable bonds is 1. The fraction of sp³-hybridized carbons (Fsp3) is 0. The van der Waals surface area contributed by atoms with E-state index in [2.05, 4.69) is 0 Å². The molecule has 0 aliphatic carbocycles. The Kier molecular flexibility index (Phi) is 2.95. The maximum Gasteiger partial charge on any atom is 0.142 e. The first-order chi connectivity index (χ1) is 7.58. The van der Waals surface area contributed by atoms with Gasteiger partial charge in [0.1, 0.15) is 5.75 Å². The lowest BCUT2D eigenvalue weighted by Crippen LogP contribution is -1.85. The summed E-state index contributed by atoms with van der Waals surface area (Å²) < 4.78 is 0. The van der Waals surface area contributed by atoms with Crippen molar-refractivity contribution in [2.24, 2.45) is 0 Å². The second kappa shape index (κ2) is 4.24. The highest BCUT2D eigenvalue weighted by Crippen LogP contribution is 2.37. The Morgan fingerprint density at radius 3 is 2.25 bits per heavy atom. The molecule has 0 spiro atoms. The van der Waals surface area contributed by atoms with Gasteiger partial charge in [0.15, 0.2) is 0 Å². The van der Waals surface area contributed by atoms with Crippen LogP contribution in [0.1, 0.15) is 0 Å². The maximum atomic E-state index is 9.82. The summed E-state index contributed by atoms with van der Waals surface area (Å²) in [5.41, 5.74) is 7.66. The number of phenols is 1. The molecule has 0 fully saturated rings. The molecular weight excluding hydrogens is 245 g/mol. The molecule has 0 aliphatic heterocycles. The van der Waals surface area contributed by atoms with Crippen molar-refractivity contribution in [3.8, 4) is 16.9 Å². The third-order valence-corrected chi connectivity index (χ3v) is 2.76. The predicted molar refractivity (Wildman–Crippen MR) is 68.0 cm³/mol. The van der Waals surface area contributed by atoms with E-state index in [0.717, 1.165) is 5.56 Å². The lowest BCUT2D eigenvalue weighted by Gasteiger charge is -2.07. The van der Waals surface area contributed by atoms with E-state index in [1.165, 1.54) is 6.07 Å². The van der Waals surface area contributed by atoms with Gasteiger partial charge in [-0.25, -0.2) is 0 Å². The normalized spacial score (nSPS) is 10.4. The zero-order valence-electron chi connectivity index (χ0n) is 8.24. The molecule has 0 amide bonds. The van der Waals surface area contributed by atoms with E-state index in [1.54, 1.807) is 30.3 Å². The highest BCUT2D eigenvalue weighted by molar-refractivity contribution is 6.36. The first-order valence-corrected chi connectivity index (χ1v) is 5.37. The van der Waals surface area contributed by atoms with Crippen LogP contribution in [0.25, 0.3) is 11.1 Å². The molecule has 0 saturated carbocycles. The highest BCUT2D eigenvalue weighted by atomic mass is 35.5. The van der Waals surface area contributed by atoms with Gasteiger partial charge in [0.05, 0.1) is 5.02 Å². The zero-order chi connectivity index (χ0) is 11.7. The number of hydrogen-bond donors (Lipinski definition) is 2. The Bertz CT molecular complexity index is 523. The van der Waals surface area contributed by atoms with Crippen molar-refractivity contribution >= 4 is 28.9 Å². The van der Waals surface area contributed by atoms with Crippen molar-refractivity contribution in [1.82, 2.24) is 0 Å². The topological polar surface area (TPSA) is 46.2 Å². The van der Waals surface area contributed by atoms with Gasteiger partial charge in [0.25, 0.3) is 0 Å². The largest absolute Gasteiger partial charge is 0.506 e. The van der Waals surface area contributed by atoms with Crippen molar-refractivity contribution in [3.05, 3.63) is 46.4 Å². The first-order valence-electron chi connectivity index (χ1n) is 4.62. The Labute approximate surface area is 103 Å². The zero-order valence-corrected chi connectivity index (χ0v) is 9.76. The van der Waals surface area contributed by atoms with Gasteiger partial charge in [-0.2, -0.15) is 0 Å². The van der Waals surface area contributed by atoms with Crippen LogP contribution in [0.3, 0.4) is 0 Å². The van der Waals surface area contributed by atoms with Crippen LogP contribution in [-0.2, 0) is 0 Å². The number of benzene rings is 2. The van der Waals surface area contributed by atoms with Crippen molar-refractivity contribution in [2.45, 2.75) is 0 Å². The van der Waals surface area contributed by atoms with Gasteiger partial charge >= 0.3 is 0 Å². The van der Waals surface area contributed by atoms with Crippen molar-refractivity contribution in [1.29, 1.82) is 0 Å². The fourth-order valence-electron chi connectivity index (χ4n) is 1.45. The third-order valence-electron chi connectivity index (χ3n) is 2.25. The van der Waals surface area contributed by atoms with E-state index < -0.39 is 0 Å². The van der Waals surface area contributed by atoms with Gasteiger partial charge in [0.2, 0.25) is 0 Å². The fourth-order valence-corrected chi connectivity index (χ4v) is 1.94. The van der Waals surface area contributed by atoms with Crippen LogP contribution < -0.4 is 5.73 Å². The second-order valence-corrected chi connectivity index (χ2v) is 4.25. The SMILES string of the molecule is Nc1ccc(-c2cc(Cl)cc(Cl)c2O)cc1. The van der Waals surface area contributed by atoms with Crippen LogP contribution in [0.5, 0.6) is 5.75 Å². The predicted octanol–water partition coefficient (Wildman–Crippen LogP) is 3.95. The average Bonchev–Trinajstić information content (AvgIpc) is 2.25. The molecule has 16 heavy (non-hydrogen) atoms. The number of hydrogen-bond acceptors (Lipinski definition) is 2. The van der Waals surface area contributed by atoms with Crippen LogP contribution >= 0.6 is 23.2 Å². The van der Waals surface area contributed by atoms with Crippen LogP contribution in [0, 0.1) is 0 Å². The summed E-state index contributed by atoms with van der Waals surface area (Å²) in [6.07, 6.45) is 0. The second-order valence-electron chi connectivity index (χ2n) is 3.41. The van der Waals surface area contributed by atoms with Crippen molar-refractivity contribution < 1.29 is 5.11 Å². The summed E-state index contributed by atoms with van der Waals surface area (Å²) >= 11 is 11.7. The Hall–Kier alpha value is -1.38. The van der Waals surface area contributed by atoms with Crippen LogP contribution in [0.15, 0.2) is 36.4 Å². The first kappa shape index (κ1) is 11.1. The smallest absolute Gasteiger partial charge is 0.142 e. The van der Waals surface area contributed by atoms with Gasteiger partial charge in [-0.1, -0.05) is 35.3 Å². The summed E-state index contributed by atoms with van der Waals surface area (Å²) in [6, 6.07) is 10.3. The number of anilines is 1. The minimum atomic E-state index is 0.0239. The molecule has 0 aromatic heterocycles. The van der Waals surface area contributed by atoms with E-state index >= 15 is 0 Å². The van der Waals surface area contributed by atoms with Crippen LogP contribution in [-0.4, -0.2) is 5.11 Å². The summed E-state index contributed by atoms with van der Waals surface area (Å²) in [5, 5.41) is 10.5. The quantitative estimate of drug-likeness (QED) is 0.757. The highest BCUT2D eigenvalue weighted by Gasteiger charge is 2.09. The standard InChI is InChI=1S/C12H9Cl2NO/c13-8-5-10(12(16)11(14)6-8)7-1-3-9(15)4-2-7/h1-6,16H,15H2. The molecule has 82 valence electrons. The molecule has 4 heteroatoms. The van der Waals surface area contributed by atoms with Gasteiger partial charge in [-0.05, 0) is 29.8 Å². The third kappa shape index (κ3) is 2.08. The molecule has 0 saturated heterocycles. The summed E-state index contributed by atoms with van der Waals surface area (Å²) in [4.78, 5) is 0. The molecule has 2 aromatic rings. The van der Waals surface area contributed by atoms with E-state index in [1.807, 2.05) is 0 Å². The molecule has 2 rings (SSSR count). The molecular formula is C12H9Cl2NO. The molecule has 0 unspecified atom stereocenters. The van der Waals surface area contributed by atoms with E-state index in [-0.39, 0.29) is 10.8 Å². The molecule has 0 aliphatic rings. The summed E-state index contributed by atoms with van der Waals surface area (Å²) in [5.74, 6) is 0.0239. The van der Waals surface area contributed by atoms with Crippen molar-refractivity contribution in [2.75, 3.05) is 5.73 Å². The van der Waals surface area contributed by atoms with Crippen LogP contribution in [0.2, 0.25) is 10.0 Å². The van der Waals surface area contributed by atoms with Crippen molar-refractivity contribution in [3.63, 3.8) is 0 Å². The number of halogens is 2. The monoisotopic (exact) mass is 253 g/mol. The Morgan fingerprint density at radius 2 is 1.62 bits per heavy atom. The molecule has 0 bridgehead atoms. The molecule has 0 radical (unpaired) electrons. The average molecular weight is 254 g/mol. The molecule has 2 nitrogen and oxygen atoms in total. The lowest BCUT2D eigenvalue weighted by atomic mass is 10.0. The lowest BCUT2D eigenvalue weighted by molar-refractivity contribution is 0.477. The Balaban J connectivity index is 2.59. The molecule has 0 atom stereocenters. The molecule has 3 N–H and O–H groups in total. The van der Waals surface area contributed by atoms with Gasteiger partial charge in [0, 0.05) is 16.3 Å². The summed E-state index contributed by atoms with van der Waals surface area (Å²) in [6.45, 7) is 0. The Morgan fingerprint density at radius 1 is 1.00 bits per heavy atom. The number of aromatic hydroxyl groups is 1.